The molecule has 1 heterocycles. The van der Waals surface area contributed by atoms with Crippen molar-refractivity contribution in [1.29, 1.82) is 0 Å². The lowest BCUT2D eigenvalue weighted by Crippen LogP contribution is -2.11. The molecule has 1 aromatic carbocycles. The molecule has 0 atom stereocenters. The average molecular weight is 371 g/mol. The first-order valence-electron chi connectivity index (χ1n) is 6.63. The van der Waals surface area contributed by atoms with Crippen LogP contribution < -0.4 is 0 Å². The van der Waals surface area contributed by atoms with Gasteiger partial charge in [0.05, 0.1) is 28.0 Å². The van der Waals surface area contributed by atoms with E-state index in [4.69, 9.17) is 0 Å². The Morgan fingerprint density at radius 1 is 1.43 bits per heavy atom. The molecule has 0 radical (unpaired) electrons. The van der Waals surface area contributed by atoms with Crippen molar-refractivity contribution in [1.82, 2.24) is 9.78 Å². The number of hydrogen-bond acceptors (Lipinski definition) is 3. The van der Waals surface area contributed by atoms with Gasteiger partial charge in [-0.2, -0.15) is 5.10 Å². The maximum Gasteiger partial charge on any atom is 0.149 e. The van der Waals surface area contributed by atoms with Gasteiger partial charge in [0.25, 0.3) is 0 Å². The van der Waals surface area contributed by atoms with Gasteiger partial charge in [-0.05, 0) is 41.9 Å². The number of benzene rings is 1. The van der Waals surface area contributed by atoms with Gasteiger partial charge in [-0.3, -0.25) is 9.48 Å². The third-order valence-electron chi connectivity index (χ3n) is 3.04. The second-order valence-corrected chi connectivity index (χ2v) is 6.41. The van der Waals surface area contributed by atoms with Crippen LogP contribution in [-0.2, 0) is 17.8 Å². The van der Waals surface area contributed by atoms with Crippen LogP contribution in [-0.4, -0.2) is 21.3 Å². The number of Topliss-reactive ketones (excluding diaryl/α,β-unsaturated/α-hetero) is 1. The molecule has 0 saturated heterocycles. The molecule has 2 aromatic rings. The van der Waals surface area contributed by atoms with E-state index in [2.05, 4.69) is 21.0 Å². The molecule has 0 fully saturated rings. The van der Waals surface area contributed by atoms with Gasteiger partial charge in [0.15, 0.2) is 0 Å². The van der Waals surface area contributed by atoms with E-state index in [0.29, 0.717) is 11.3 Å². The van der Waals surface area contributed by atoms with Crippen LogP contribution in [0.3, 0.4) is 0 Å². The molecule has 0 saturated carbocycles. The molecule has 6 heteroatoms. The SMILES string of the molecule is CCn1nc(C)c(Br)c1CC(=O)CSc1ccccc1F. The molecule has 2 rings (SSSR count). The van der Waals surface area contributed by atoms with E-state index in [1.807, 2.05) is 18.5 Å². The first kappa shape index (κ1) is 16.2. The highest BCUT2D eigenvalue weighted by atomic mass is 79.9. The highest BCUT2D eigenvalue weighted by Crippen LogP contribution is 2.24. The summed E-state index contributed by atoms with van der Waals surface area (Å²) in [6.07, 6.45) is 0.302. The lowest BCUT2D eigenvalue weighted by molar-refractivity contribution is -0.116. The summed E-state index contributed by atoms with van der Waals surface area (Å²) in [5, 5.41) is 4.36. The number of aromatic nitrogens is 2. The minimum absolute atomic E-state index is 0.0542. The second kappa shape index (κ2) is 7.22. The summed E-state index contributed by atoms with van der Waals surface area (Å²) >= 11 is 4.71. The molecule has 0 aliphatic heterocycles. The summed E-state index contributed by atoms with van der Waals surface area (Å²) < 4.78 is 16.2. The summed E-state index contributed by atoms with van der Waals surface area (Å²) in [5.74, 6) is 0.0193. The van der Waals surface area contributed by atoms with Crippen molar-refractivity contribution in [2.24, 2.45) is 0 Å². The predicted octanol–water partition coefficient (Wildman–Crippen LogP) is 4.02. The summed E-state index contributed by atoms with van der Waals surface area (Å²) in [6.45, 7) is 4.61. The van der Waals surface area contributed by atoms with Crippen LogP contribution in [0.25, 0.3) is 0 Å². The van der Waals surface area contributed by atoms with Crippen molar-refractivity contribution < 1.29 is 9.18 Å². The zero-order valence-corrected chi connectivity index (χ0v) is 14.3. The Bertz CT molecular complexity index is 657. The van der Waals surface area contributed by atoms with Crippen LogP contribution in [0.1, 0.15) is 18.3 Å². The second-order valence-electron chi connectivity index (χ2n) is 4.60. The van der Waals surface area contributed by atoms with Crippen molar-refractivity contribution in [3.63, 3.8) is 0 Å². The van der Waals surface area contributed by atoms with Crippen LogP contribution >= 0.6 is 27.7 Å². The Morgan fingerprint density at radius 2 is 2.14 bits per heavy atom. The maximum absolute atomic E-state index is 13.5. The van der Waals surface area contributed by atoms with Crippen LogP contribution in [0.5, 0.6) is 0 Å². The van der Waals surface area contributed by atoms with E-state index >= 15 is 0 Å². The zero-order valence-electron chi connectivity index (χ0n) is 11.9. The zero-order chi connectivity index (χ0) is 15.4. The van der Waals surface area contributed by atoms with Gasteiger partial charge in [0.2, 0.25) is 0 Å². The number of hydrogen-bond donors (Lipinski definition) is 0. The lowest BCUT2D eigenvalue weighted by Gasteiger charge is -2.05. The minimum Gasteiger partial charge on any atom is -0.298 e. The number of carbonyl (C=O) groups is 1. The molecule has 112 valence electrons. The van der Waals surface area contributed by atoms with Crippen molar-refractivity contribution in [3.8, 4) is 0 Å². The van der Waals surface area contributed by atoms with Gasteiger partial charge in [0.1, 0.15) is 11.6 Å². The number of ketones is 1. The number of nitrogens with zero attached hydrogens (tertiary/aromatic N) is 2. The van der Waals surface area contributed by atoms with E-state index < -0.39 is 0 Å². The van der Waals surface area contributed by atoms with Gasteiger partial charge in [-0.15, -0.1) is 11.8 Å². The molecule has 0 spiro atoms. The molecule has 0 bridgehead atoms. The van der Waals surface area contributed by atoms with Gasteiger partial charge >= 0.3 is 0 Å². The first-order valence-corrected chi connectivity index (χ1v) is 8.41. The molecular weight excluding hydrogens is 355 g/mol. The largest absolute Gasteiger partial charge is 0.298 e. The van der Waals surface area contributed by atoms with E-state index in [9.17, 15) is 9.18 Å². The molecular formula is C15H16BrFN2OS. The Labute approximate surface area is 136 Å². The maximum atomic E-state index is 13.5. The smallest absolute Gasteiger partial charge is 0.149 e. The Morgan fingerprint density at radius 3 is 2.81 bits per heavy atom. The molecule has 1 aromatic heterocycles. The third kappa shape index (κ3) is 3.95. The summed E-state index contributed by atoms with van der Waals surface area (Å²) in [5.41, 5.74) is 1.76. The van der Waals surface area contributed by atoms with Crippen LogP contribution in [0.4, 0.5) is 4.39 Å². The van der Waals surface area contributed by atoms with Crippen LogP contribution in [0.15, 0.2) is 33.6 Å². The molecule has 0 unspecified atom stereocenters. The first-order chi connectivity index (χ1) is 10.0. The van der Waals surface area contributed by atoms with Crippen molar-refractivity contribution in [3.05, 3.63) is 45.9 Å². The van der Waals surface area contributed by atoms with Crippen LogP contribution in [0.2, 0.25) is 0 Å². The topological polar surface area (TPSA) is 34.9 Å². The predicted molar refractivity (Wildman–Crippen MR) is 86.2 cm³/mol. The Kier molecular flexibility index (Phi) is 5.58. The van der Waals surface area contributed by atoms with E-state index in [0.717, 1.165) is 22.4 Å². The van der Waals surface area contributed by atoms with Gasteiger partial charge < -0.3 is 0 Å². The molecule has 21 heavy (non-hydrogen) atoms. The minimum atomic E-state index is -0.286. The summed E-state index contributed by atoms with van der Waals surface area (Å²) in [7, 11) is 0. The fraction of sp³-hybridized carbons (Fsp3) is 0.333. The number of rotatable bonds is 6. The lowest BCUT2D eigenvalue weighted by atomic mass is 10.2. The number of aryl methyl sites for hydroxylation is 2. The van der Waals surface area contributed by atoms with E-state index in [1.165, 1.54) is 17.8 Å². The summed E-state index contributed by atoms with van der Waals surface area (Å²) in [4.78, 5) is 12.6. The van der Waals surface area contributed by atoms with Gasteiger partial charge in [0, 0.05) is 11.4 Å². The standard InChI is InChI=1S/C15H16BrFN2OS/c1-3-19-13(15(16)10(2)18-19)8-11(20)9-21-14-7-5-4-6-12(14)17/h4-7H,3,8-9H2,1-2H3. The fourth-order valence-corrected chi connectivity index (χ4v) is 3.22. The van der Waals surface area contributed by atoms with Gasteiger partial charge in [-0.1, -0.05) is 12.1 Å². The van der Waals surface area contributed by atoms with Gasteiger partial charge in [-0.25, -0.2) is 4.39 Å². The van der Waals surface area contributed by atoms with Crippen LogP contribution in [0, 0.1) is 12.7 Å². The molecule has 0 amide bonds. The highest BCUT2D eigenvalue weighted by molar-refractivity contribution is 9.10. The number of carbonyl (C=O) groups excluding carboxylic acids is 1. The highest BCUT2D eigenvalue weighted by Gasteiger charge is 2.16. The van der Waals surface area contributed by atoms with E-state index in [-0.39, 0.29) is 17.4 Å². The number of thioether (sulfide) groups is 1. The normalized spacial score (nSPS) is 10.9. The Balaban J connectivity index is 2.01. The molecule has 0 aliphatic carbocycles. The average Bonchev–Trinajstić information content (AvgIpc) is 2.74. The molecule has 0 aliphatic rings. The molecule has 0 N–H and O–H groups in total. The van der Waals surface area contributed by atoms with E-state index in [1.54, 1.807) is 18.2 Å². The monoisotopic (exact) mass is 370 g/mol. The quantitative estimate of drug-likeness (QED) is 0.720. The third-order valence-corrected chi connectivity index (χ3v) is 5.18. The van der Waals surface area contributed by atoms with Crippen molar-refractivity contribution in [2.75, 3.05) is 5.75 Å². The van der Waals surface area contributed by atoms with Crippen molar-refractivity contribution in [2.45, 2.75) is 31.7 Å². The fourth-order valence-electron chi connectivity index (χ4n) is 2.00. The summed E-state index contributed by atoms with van der Waals surface area (Å²) in [6, 6.07) is 6.49. The van der Waals surface area contributed by atoms with Crippen molar-refractivity contribution >= 4 is 33.5 Å². The number of halogens is 2. The Hall–Kier alpha value is -1.14. The molecule has 3 nitrogen and oxygen atoms in total.